The molecule has 0 N–H and O–H groups in total. The Morgan fingerprint density at radius 2 is 2.05 bits per heavy atom. The first-order valence-corrected chi connectivity index (χ1v) is 7.93. The fourth-order valence-electron chi connectivity index (χ4n) is 1.99. The van der Waals surface area contributed by atoms with Gasteiger partial charge in [0.1, 0.15) is 0 Å². The lowest BCUT2D eigenvalue weighted by Crippen LogP contribution is -2.18. The van der Waals surface area contributed by atoms with Crippen LogP contribution in [0.15, 0.2) is 28.8 Å². The molecule has 2 rings (SSSR count). The van der Waals surface area contributed by atoms with Crippen molar-refractivity contribution in [1.82, 2.24) is 15.0 Å². The molecule has 0 spiro atoms. The number of alkyl halides is 3. The minimum Gasteiger partial charge on any atom is -0.338 e. The van der Waals surface area contributed by atoms with Gasteiger partial charge in [-0.05, 0) is 24.9 Å². The van der Waals surface area contributed by atoms with Gasteiger partial charge in [0, 0.05) is 6.54 Å². The third-order valence-electron chi connectivity index (χ3n) is 2.90. The summed E-state index contributed by atoms with van der Waals surface area (Å²) in [6.45, 7) is 0.752. The molecule has 0 saturated heterocycles. The molecule has 0 aliphatic rings. The first kappa shape index (κ1) is 16.8. The van der Waals surface area contributed by atoms with Crippen molar-refractivity contribution < 1.29 is 17.7 Å². The fourth-order valence-corrected chi connectivity index (χ4v) is 2.36. The number of halogens is 3. The minimum atomic E-state index is -4.33. The smallest absolute Gasteiger partial charge is 0.338 e. The molecule has 1 aromatic carbocycles. The van der Waals surface area contributed by atoms with Crippen molar-refractivity contribution in [2.45, 2.75) is 25.0 Å². The summed E-state index contributed by atoms with van der Waals surface area (Å²) in [5.74, 6) is 1.74. The molecular weight excluding hydrogens is 315 g/mol. The van der Waals surface area contributed by atoms with E-state index in [-0.39, 0.29) is 0 Å². The Labute approximate surface area is 130 Å². The van der Waals surface area contributed by atoms with E-state index in [0.717, 1.165) is 12.1 Å². The number of hydrogen-bond donors (Lipinski definition) is 0. The van der Waals surface area contributed by atoms with Gasteiger partial charge in [-0.15, -0.1) is 0 Å². The molecule has 1 aromatic heterocycles. The van der Waals surface area contributed by atoms with E-state index in [9.17, 15) is 13.2 Å². The van der Waals surface area contributed by atoms with E-state index < -0.39 is 11.7 Å². The molecule has 22 heavy (non-hydrogen) atoms. The number of benzene rings is 1. The normalized spacial score (nSPS) is 12.1. The predicted octanol–water partition coefficient (Wildman–Crippen LogP) is 3.58. The molecule has 0 bridgehead atoms. The van der Waals surface area contributed by atoms with E-state index in [0.29, 0.717) is 36.1 Å². The van der Waals surface area contributed by atoms with Crippen LogP contribution < -0.4 is 0 Å². The maximum atomic E-state index is 12.7. The van der Waals surface area contributed by atoms with Crippen LogP contribution in [0.5, 0.6) is 0 Å². The Kier molecular flexibility index (Phi) is 5.47. The molecule has 0 fully saturated rings. The van der Waals surface area contributed by atoms with E-state index in [2.05, 4.69) is 10.1 Å². The highest BCUT2D eigenvalue weighted by Crippen LogP contribution is 2.29. The number of hydrogen-bond acceptors (Lipinski definition) is 5. The third kappa shape index (κ3) is 4.74. The van der Waals surface area contributed by atoms with E-state index >= 15 is 0 Å². The van der Waals surface area contributed by atoms with Gasteiger partial charge in [0.15, 0.2) is 5.82 Å². The number of nitrogens with zero attached hydrogens (tertiary/aromatic N) is 3. The lowest BCUT2D eigenvalue weighted by Gasteiger charge is -2.15. The zero-order valence-corrected chi connectivity index (χ0v) is 13.0. The van der Waals surface area contributed by atoms with Crippen molar-refractivity contribution in [1.29, 1.82) is 0 Å². The van der Waals surface area contributed by atoms with Gasteiger partial charge in [-0.1, -0.05) is 23.4 Å². The van der Waals surface area contributed by atoms with Crippen LogP contribution in [0.2, 0.25) is 0 Å². The van der Waals surface area contributed by atoms with Crippen molar-refractivity contribution in [3.63, 3.8) is 0 Å². The van der Waals surface area contributed by atoms with Crippen molar-refractivity contribution in [3.8, 4) is 0 Å². The first-order chi connectivity index (χ1) is 10.4. The van der Waals surface area contributed by atoms with Crippen LogP contribution >= 0.6 is 11.8 Å². The lowest BCUT2D eigenvalue weighted by molar-refractivity contribution is -0.137. The third-order valence-corrected chi connectivity index (χ3v) is 3.44. The molecule has 0 aliphatic heterocycles. The molecule has 0 radical (unpaired) electrons. The minimum absolute atomic E-state index is 0.365. The highest BCUT2D eigenvalue weighted by atomic mass is 32.2. The monoisotopic (exact) mass is 331 g/mol. The summed E-state index contributed by atoms with van der Waals surface area (Å²) in [7, 11) is 1.79. The van der Waals surface area contributed by atoms with E-state index in [1.54, 1.807) is 24.9 Å². The van der Waals surface area contributed by atoms with Crippen LogP contribution in [0, 0.1) is 0 Å². The Morgan fingerprint density at radius 1 is 1.27 bits per heavy atom. The van der Waals surface area contributed by atoms with E-state index in [4.69, 9.17) is 4.52 Å². The fraction of sp³-hybridized carbons (Fsp3) is 0.429. The van der Waals surface area contributed by atoms with Gasteiger partial charge in [0.2, 0.25) is 5.89 Å². The quantitative estimate of drug-likeness (QED) is 0.809. The summed E-state index contributed by atoms with van der Waals surface area (Å²) in [5.41, 5.74) is -0.0559. The molecule has 0 aliphatic carbocycles. The second kappa shape index (κ2) is 7.15. The molecule has 0 atom stereocenters. The highest BCUT2D eigenvalue weighted by Gasteiger charge is 2.30. The number of thioether (sulfide) groups is 1. The number of aromatic nitrogens is 2. The summed E-state index contributed by atoms with van der Waals surface area (Å²) in [5, 5.41) is 3.83. The van der Waals surface area contributed by atoms with Crippen molar-refractivity contribution >= 4 is 11.8 Å². The topological polar surface area (TPSA) is 42.2 Å². The molecule has 1 heterocycles. The lowest BCUT2D eigenvalue weighted by atomic mass is 10.1. The molecule has 120 valence electrons. The zero-order chi connectivity index (χ0) is 16.2. The highest BCUT2D eigenvalue weighted by molar-refractivity contribution is 7.97. The zero-order valence-electron chi connectivity index (χ0n) is 12.2. The summed E-state index contributed by atoms with van der Waals surface area (Å²) in [6.07, 6.45) is -2.39. The Hall–Kier alpha value is -1.54. The van der Waals surface area contributed by atoms with Crippen molar-refractivity contribution in [2.75, 3.05) is 13.3 Å². The molecule has 0 amide bonds. The molecule has 0 saturated carbocycles. The molecule has 0 unspecified atom stereocenters. The Balaban J connectivity index is 1.98. The van der Waals surface area contributed by atoms with Crippen LogP contribution in [0.3, 0.4) is 0 Å². The van der Waals surface area contributed by atoms with Gasteiger partial charge in [-0.2, -0.15) is 29.9 Å². The SMILES string of the molecule is CSCc1noc(CN(C)Cc2cccc(C(F)(F)F)c2)n1. The first-order valence-electron chi connectivity index (χ1n) is 6.53. The second-order valence-electron chi connectivity index (χ2n) is 4.91. The Bertz CT molecular complexity index is 615. The average Bonchev–Trinajstić information content (AvgIpc) is 2.85. The maximum Gasteiger partial charge on any atom is 0.416 e. The second-order valence-corrected chi connectivity index (χ2v) is 5.77. The summed E-state index contributed by atoms with van der Waals surface area (Å²) < 4.78 is 43.1. The van der Waals surface area contributed by atoms with E-state index in [1.165, 1.54) is 6.07 Å². The predicted molar refractivity (Wildman–Crippen MR) is 78.1 cm³/mol. The average molecular weight is 331 g/mol. The van der Waals surface area contributed by atoms with Gasteiger partial charge in [0.05, 0.1) is 17.9 Å². The van der Waals surface area contributed by atoms with Crippen LogP contribution in [-0.2, 0) is 25.0 Å². The van der Waals surface area contributed by atoms with Gasteiger partial charge < -0.3 is 4.52 Å². The summed E-state index contributed by atoms with van der Waals surface area (Å²) in [4.78, 5) is 6.04. The van der Waals surface area contributed by atoms with Gasteiger partial charge in [-0.25, -0.2) is 0 Å². The molecule has 4 nitrogen and oxygen atoms in total. The van der Waals surface area contributed by atoms with Crippen molar-refractivity contribution in [2.24, 2.45) is 0 Å². The maximum absolute atomic E-state index is 12.7. The van der Waals surface area contributed by atoms with Crippen LogP contribution in [0.4, 0.5) is 13.2 Å². The number of rotatable bonds is 6. The summed E-state index contributed by atoms with van der Waals surface area (Å²) in [6, 6.07) is 5.30. The van der Waals surface area contributed by atoms with Crippen LogP contribution in [-0.4, -0.2) is 28.3 Å². The summed E-state index contributed by atoms with van der Waals surface area (Å²) >= 11 is 1.59. The largest absolute Gasteiger partial charge is 0.416 e. The van der Waals surface area contributed by atoms with Crippen LogP contribution in [0.25, 0.3) is 0 Å². The Morgan fingerprint density at radius 3 is 2.73 bits per heavy atom. The van der Waals surface area contributed by atoms with E-state index in [1.807, 2.05) is 11.2 Å². The van der Waals surface area contributed by atoms with Gasteiger partial charge >= 0.3 is 6.18 Å². The van der Waals surface area contributed by atoms with Gasteiger partial charge in [-0.3, -0.25) is 4.90 Å². The van der Waals surface area contributed by atoms with Gasteiger partial charge in [0.25, 0.3) is 0 Å². The van der Waals surface area contributed by atoms with Crippen molar-refractivity contribution in [3.05, 3.63) is 47.1 Å². The molecular formula is C14H16F3N3OS. The molecule has 8 heteroatoms. The standard InChI is InChI=1S/C14H16F3N3OS/c1-20(8-13-18-12(9-22-2)19-21-13)7-10-4-3-5-11(6-10)14(15,16)17/h3-6H,7-9H2,1-2H3. The van der Waals surface area contributed by atoms with Crippen LogP contribution in [0.1, 0.15) is 22.8 Å². The molecule has 2 aromatic rings.